The number of nitrogens with one attached hydrogen (secondary N) is 1. The standard InChI is InChI=1S/C16H18N4O2/c21-15(12-6-2-1-3-7-12)17-10-11-20-16(22)13-8-4-5-9-14(13)18-19-20/h1-2,4-5,8-9,12H,3,6-7,10-11H2,(H,17,21)/t12-/m1/s1. The van der Waals surface area contributed by atoms with E-state index in [1.807, 2.05) is 12.1 Å². The zero-order chi connectivity index (χ0) is 15.4. The lowest BCUT2D eigenvalue weighted by Gasteiger charge is -2.17. The van der Waals surface area contributed by atoms with Crippen molar-refractivity contribution in [2.24, 2.45) is 5.92 Å². The highest BCUT2D eigenvalue weighted by Crippen LogP contribution is 2.17. The molecule has 1 aromatic heterocycles. The number of carbonyl (C=O) groups is 1. The number of aromatic nitrogens is 3. The molecule has 1 aromatic carbocycles. The van der Waals surface area contributed by atoms with Gasteiger partial charge in [0, 0.05) is 12.5 Å². The highest BCUT2D eigenvalue weighted by molar-refractivity contribution is 5.79. The average Bonchev–Trinajstić information content (AvgIpc) is 2.58. The van der Waals surface area contributed by atoms with Gasteiger partial charge in [-0.15, -0.1) is 5.10 Å². The number of rotatable bonds is 4. The van der Waals surface area contributed by atoms with Gasteiger partial charge in [-0.2, -0.15) is 0 Å². The van der Waals surface area contributed by atoms with Crippen molar-refractivity contribution in [3.8, 4) is 0 Å². The van der Waals surface area contributed by atoms with E-state index in [2.05, 4.69) is 21.7 Å². The third kappa shape index (κ3) is 3.05. The Bertz CT molecular complexity index is 766. The van der Waals surface area contributed by atoms with Crippen molar-refractivity contribution in [2.75, 3.05) is 6.54 Å². The van der Waals surface area contributed by atoms with Gasteiger partial charge in [-0.1, -0.05) is 29.5 Å². The predicted molar refractivity (Wildman–Crippen MR) is 83.3 cm³/mol. The van der Waals surface area contributed by atoms with E-state index in [1.165, 1.54) is 4.68 Å². The van der Waals surface area contributed by atoms with E-state index in [9.17, 15) is 9.59 Å². The predicted octanol–water partition coefficient (Wildman–Crippen LogP) is 1.26. The molecule has 0 saturated carbocycles. The van der Waals surface area contributed by atoms with Crippen LogP contribution in [0.25, 0.3) is 10.9 Å². The van der Waals surface area contributed by atoms with E-state index in [0.717, 1.165) is 19.3 Å². The SMILES string of the molecule is O=C(NCCn1nnc2ccccc2c1=O)[C@@H]1CC=CCC1. The first-order chi connectivity index (χ1) is 10.8. The summed E-state index contributed by atoms with van der Waals surface area (Å²) in [5, 5.41) is 11.3. The van der Waals surface area contributed by atoms with Gasteiger partial charge in [-0.3, -0.25) is 9.59 Å². The molecule has 3 rings (SSSR count). The Hall–Kier alpha value is -2.50. The molecule has 1 heterocycles. The fraction of sp³-hybridized carbons (Fsp3) is 0.375. The van der Waals surface area contributed by atoms with Crippen LogP contribution in [0.1, 0.15) is 19.3 Å². The number of allylic oxidation sites excluding steroid dienone is 2. The summed E-state index contributed by atoms with van der Waals surface area (Å²) in [6.45, 7) is 0.705. The minimum atomic E-state index is -0.180. The maximum absolute atomic E-state index is 12.2. The maximum atomic E-state index is 12.2. The summed E-state index contributed by atoms with van der Waals surface area (Å²) in [5.41, 5.74) is 0.405. The molecule has 0 aliphatic heterocycles. The van der Waals surface area contributed by atoms with Crippen LogP contribution < -0.4 is 10.9 Å². The molecule has 1 amide bonds. The van der Waals surface area contributed by atoms with Crippen LogP contribution in [0.4, 0.5) is 0 Å². The number of hydrogen-bond donors (Lipinski definition) is 1. The first-order valence-corrected chi connectivity index (χ1v) is 7.51. The Balaban J connectivity index is 1.62. The van der Waals surface area contributed by atoms with Gasteiger partial charge in [0.15, 0.2) is 0 Å². The third-order valence-corrected chi connectivity index (χ3v) is 3.89. The van der Waals surface area contributed by atoms with Gasteiger partial charge in [0.25, 0.3) is 5.56 Å². The molecule has 1 aliphatic rings. The Labute approximate surface area is 127 Å². The summed E-state index contributed by atoms with van der Waals surface area (Å²) in [6, 6.07) is 7.11. The first-order valence-electron chi connectivity index (χ1n) is 7.51. The molecule has 2 aromatic rings. The lowest BCUT2D eigenvalue weighted by Crippen LogP contribution is -2.36. The van der Waals surface area contributed by atoms with Crippen molar-refractivity contribution < 1.29 is 4.79 Å². The topological polar surface area (TPSA) is 76.9 Å². The monoisotopic (exact) mass is 298 g/mol. The molecule has 6 heteroatoms. The van der Waals surface area contributed by atoms with Gasteiger partial charge in [-0.25, -0.2) is 4.68 Å². The van der Waals surface area contributed by atoms with Crippen molar-refractivity contribution in [1.29, 1.82) is 0 Å². The van der Waals surface area contributed by atoms with Crippen LogP contribution in [0.5, 0.6) is 0 Å². The number of carbonyl (C=O) groups excluding carboxylic acids is 1. The van der Waals surface area contributed by atoms with Gasteiger partial charge >= 0.3 is 0 Å². The molecule has 1 N–H and O–H groups in total. The van der Waals surface area contributed by atoms with Crippen molar-refractivity contribution in [1.82, 2.24) is 20.3 Å². The van der Waals surface area contributed by atoms with E-state index in [1.54, 1.807) is 18.2 Å². The zero-order valence-corrected chi connectivity index (χ0v) is 12.2. The summed E-state index contributed by atoms with van der Waals surface area (Å²) in [4.78, 5) is 24.3. The molecule has 0 radical (unpaired) electrons. The summed E-state index contributed by atoms with van der Waals surface area (Å²) in [5.74, 6) is 0.0931. The minimum Gasteiger partial charge on any atom is -0.354 e. The maximum Gasteiger partial charge on any atom is 0.277 e. The van der Waals surface area contributed by atoms with Gasteiger partial charge in [0.1, 0.15) is 5.52 Å². The first kappa shape index (κ1) is 14.4. The second kappa shape index (κ2) is 6.51. The fourth-order valence-corrected chi connectivity index (χ4v) is 2.63. The summed E-state index contributed by atoms with van der Waals surface area (Å²) >= 11 is 0. The largest absolute Gasteiger partial charge is 0.354 e. The van der Waals surface area contributed by atoms with Crippen LogP contribution in [0, 0.1) is 5.92 Å². The number of benzene rings is 1. The van der Waals surface area contributed by atoms with E-state index >= 15 is 0 Å². The Morgan fingerprint density at radius 2 is 2.18 bits per heavy atom. The normalized spacial score (nSPS) is 17.5. The van der Waals surface area contributed by atoms with Gasteiger partial charge < -0.3 is 5.32 Å². The Morgan fingerprint density at radius 1 is 1.32 bits per heavy atom. The number of amides is 1. The lowest BCUT2D eigenvalue weighted by atomic mass is 9.94. The molecule has 0 saturated heterocycles. The molecule has 22 heavy (non-hydrogen) atoms. The molecule has 0 bridgehead atoms. The van der Waals surface area contributed by atoms with Gasteiger partial charge in [0.05, 0.1) is 11.9 Å². The highest BCUT2D eigenvalue weighted by atomic mass is 16.2. The minimum absolute atomic E-state index is 0.0457. The number of nitrogens with zero attached hydrogens (tertiary/aromatic N) is 3. The molecule has 6 nitrogen and oxygen atoms in total. The van der Waals surface area contributed by atoms with Crippen molar-refractivity contribution in [3.63, 3.8) is 0 Å². The van der Waals surface area contributed by atoms with Crippen LogP contribution in [-0.2, 0) is 11.3 Å². The Morgan fingerprint density at radius 3 is 3.00 bits per heavy atom. The van der Waals surface area contributed by atoms with E-state index in [0.29, 0.717) is 24.0 Å². The number of fused-ring (bicyclic) bond motifs is 1. The summed E-state index contributed by atoms with van der Waals surface area (Å²) < 4.78 is 1.30. The fourth-order valence-electron chi connectivity index (χ4n) is 2.63. The zero-order valence-electron chi connectivity index (χ0n) is 12.2. The van der Waals surface area contributed by atoms with E-state index in [4.69, 9.17) is 0 Å². The molecule has 114 valence electrons. The van der Waals surface area contributed by atoms with Crippen LogP contribution in [-0.4, -0.2) is 27.4 Å². The molecular weight excluding hydrogens is 280 g/mol. The average molecular weight is 298 g/mol. The van der Waals surface area contributed by atoms with Crippen LogP contribution in [0.3, 0.4) is 0 Å². The number of hydrogen-bond acceptors (Lipinski definition) is 4. The molecule has 1 atom stereocenters. The smallest absolute Gasteiger partial charge is 0.277 e. The lowest BCUT2D eigenvalue weighted by molar-refractivity contribution is -0.125. The molecular formula is C16H18N4O2. The second-order valence-corrected chi connectivity index (χ2v) is 5.41. The molecule has 0 unspecified atom stereocenters. The van der Waals surface area contributed by atoms with Crippen LogP contribution in [0.15, 0.2) is 41.2 Å². The summed E-state index contributed by atoms with van der Waals surface area (Å²) in [6.07, 6.45) is 6.79. The van der Waals surface area contributed by atoms with Crippen molar-refractivity contribution in [2.45, 2.75) is 25.8 Å². The van der Waals surface area contributed by atoms with E-state index < -0.39 is 0 Å². The molecule has 1 aliphatic carbocycles. The Kier molecular flexibility index (Phi) is 4.27. The quantitative estimate of drug-likeness (QED) is 0.862. The van der Waals surface area contributed by atoms with Gasteiger partial charge in [-0.05, 0) is 31.4 Å². The van der Waals surface area contributed by atoms with E-state index in [-0.39, 0.29) is 17.4 Å². The molecule has 0 fully saturated rings. The van der Waals surface area contributed by atoms with Crippen molar-refractivity contribution in [3.05, 3.63) is 46.8 Å². The second-order valence-electron chi connectivity index (χ2n) is 5.41. The van der Waals surface area contributed by atoms with Crippen LogP contribution >= 0.6 is 0 Å². The highest BCUT2D eigenvalue weighted by Gasteiger charge is 2.18. The third-order valence-electron chi connectivity index (χ3n) is 3.89. The molecule has 0 spiro atoms. The summed E-state index contributed by atoms with van der Waals surface area (Å²) in [7, 11) is 0. The van der Waals surface area contributed by atoms with Gasteiger partial charge in [0.2, 0.25) is 5.91 Å². The van der Waals surface area contributed by atoms with Crippen LogP contribution in [0.2, 0.25) is 0 Å². The van der Waals surface area contributed by atoms with Crippen molar-refractivity contribution >= 4 is 16.8 Å².